The van der Waals surface area contributed by atoms with Gasteiger partial charge in [0.1, 0.15) is 12.2 Å². The largest absolute Gasteiger partial charge is 0.436 e. The first kappa shape index (κ1) is 18.9. The van der Waals surface area contributed by atoms with Crippen molar-refractivity contribution in [1.29, 1.82) is 0 Å². The number of nitrogens with one attached hydrogen (secondary N) is 1. The lowest BCUT2D eigenvalue weighted by Crippen LogP contribution is -2.21. The van der Waals surface area contributed by atoms with E-state index in [0.717, 1.165) is 4.68 Å². The van der Waals surface area contributed by atoms with Gasteiger partial charge in [-0.25, -0.2) is 0 Å². The highest BCUT2D eigenvalue weighted by Crippen LogP contribution is 2.35. The highest BCUT2D eigenvalue weighted by Gasteiger charge is 2.38. The second kappa shape index (κ2) is 6.82. The van der Waals surface area contributed by atoms with Crippen LogP contribution in [0, 0.1) is 24.0 Å². The van der Waals surface area contributed by atoms with E-state index in [9.17, 15) is 28.1 Å². The number of nitro groups is 1. The number of aromatic nitrogens is 2. The zero-order valence-corrected chi connectivity index (χ0v) is 14.6. The third-order valence-electron chi connectivity index (χ3n) is 3.32. The van der Waals surface area contributed by atoms with Gasteiger partial charge in [0, 0.05) is 6.07 Å². The van der Waals surface area contributed by atoms with Gasteiger partial charge in [0.05, 0.1) is 15.1 Å². The first-order valence-electron chi connectivity index (χ1n) is 6.85. The number of amides is 1. The zero-order chi connectivity index (χ0) is 18.9. The molecule has 0 aliphatic heterocycles. The molecule has 2 aromatic rings. The third-order valence-corrected chi connectivity index (χ3v) is 4.27. The molecule has 0 bridgehead atoms. The Morgan fingerprint density at radius 3 is 2.56 bits per heavy atom. The lowest BCUT2D eigenvalue weighted by molar-refractivity contribution is -0.384. The molecular formula is C14H12BrF3N4O3. The van der Waals surface area contributed by atoms with E-state index in [1.807, 2.05) is 0 Å². The maximum atomic E-state index is 12.8. The van der Waals surface area contributed by atoms with Crippen LogP contribution in [0.15, 0.2) is 22.7 Å². The molecule has 0 spiro atoms. The van der Waals surface area contributed by atoms with Crippen molar-refractivity contribution in [2.75, 3.05) is 5.32 Å². The monoisotopic (exact) mass is 420 g/mol. The van der Waals surface area contributed by atoms with Crippen LogP contribution in [0.4, 0.5) is 24.5 Å². The molecule has 0 fully saturated rings. The van der Waals surface area contributed by atoms with Crippen LogP contribution in [-0.4, -0.2) is 20.6 Å². The summed E-state index contributed by atoms with van der Waals surface area (Å²) in [7, 11) is 0. The Bertz CT molecular complexity index is 849. The highest BCUT2D eigenvalue weighted by molar-refractivity contribution is 9.10. The average Bonchev–Trinajstić information content (AvgIpc) is 2.77. The Morgan fingerprint density at radius 1 is 1.40 bits per heavy atom. The minimum absolute atomic E-state index is 0.0412. The van der Waals surface area contributed by atoms with Crippen LogP contribution < -0.4 is 5.32 Å². The van der Waals surface area contributed by atoms with Crippen LogP contribution in [0.1, 0.15) is 17.0 Å². The van der Waals surface area contributed by atoms with Crippen molar-refractivity contribution in [1.82, 2.24) is 9.78 Å². The number of aryl methyl sites for hydroxylation is 1. The quantitative estimate of drug-likeness (QED) is 0.600. The van der Waals surface area contributed by atoms with E-state index in [1.165, 1.54) is 19.1 Å². The van der Waals surface area contributed by atoms with Gasteiger partial charge in [-0.3, -0.25) is 19.6 Å². The molecule has 1 amide bonds. The molecule has 1 aromatic carbocycles. The molecule has 25 heavy (non-hydrogen) atoms. The van der Waals surface area contributed by atoms with Crippen LogP contribution in [0.5, 0.6) is 0 Å². The summed E-state index contributed by atoms with van der Waals surface area (Å²) in [6, 6.07) is 4.21. The molecule has 0 radical (unpaired) electrons. The van der Waals surface area contributed by atoms with Gasteiger partial charge in [-0.05, 0) is 41.4 Å². The number of hydrogen-bond acceptors (Lipinski definition) is 4. The number of rotatable bonds is 4. The van der Waals surface area contributed by atoms with Crippen LogP contribution in [-0.2, 0) is 17.5 Å². The van der Waals surface area contributed by atoms with Gasteiger partial charge in [-0.1, -0.05) is 6.07 Å². The standard InChI is InChI=1S/C14H12BrF3N4O3/c1-7-3-4-9(10(5-7)22(24)25)19-11(23)6-21-8(2)12(15)13(20-21)14(16,17)18/h3-5H,6H2,1-2H3,(H,19,23). The molecular weight excluding hydrogens is 409 g/mol. The van der Waals surface area contributed by atoms with Crippen LogP contribution in [0.2, 0.25) is 0 Å². The normalized spacial score (nSPS) is 11.4. The van der Waals surface area contributed by atoms with E-state index in [-0.39, 0.29) is 21.5 Å². The van der Waals surface area contributed by atoms with Crippen LogP contribution >= 0.6 is 15.9 Å². The fraction of sp³-hybridized carbons (Fsp3) is 0.286. The van der Waals surface area contributed by atoms with E-state index >= 15 is 0 Å². The molecule has 0 aliphatic carbocycles. The maximum absolute atomic E-state index is 12.8. The molecule has 1 N–H and O–H groups in total. The smallest absolute Gasteiger partial charge is 0.319 e. The fourth-order valence-corrected chi connectivity index (χ4v) is 2.59. The molecule has 7 nitrogen and oxygen atoms in total. The number of anilines is 1. The van der Waals surface area contributed by atoms with Crippen molar-refractivity contribution in [2.24, 2.45) is 0 Å². The van der Waals surface area contributed by atoms with Crippen molar-refractivity contribution < 1.29 is 22.9 Å². The molecule has 0 saturated heterocycles. The number of alkyl halides is 3. The fourth-order valence-electron chi connectivity index (χ4n) is 2.08. The summed E-state index contributed by atoms with van der Waals surface area (Å²) in [5, 5.41) is 16.7. The Kier molecular flexibility index (Phi) is 5.16. The summed E-state index contributed by atoms with van der Waals surface area (Å²) in [5.41, 5.74) is -0.741. The van der Waals surface area contributed by atoms with Gasteiger partial charge in [0.2, 0.25) is 5.91 Å². The lowest BCUT2D eigenvalue weighted by Gasteiger charge is -2.08. The van der Waals surface area contributed by atoms with E-state index < -0.39 is 29.2 Å². The first-order chi connectivity index (χ1) is 11.5. The van der Waals surface area contributed by atoms with Crippen molar-refractivity contribution in [3.8, 4) is 0 Å². The number of halogens is 4. The molecule has 0 unspecified atom stereocenters. The number of nitro benzene ring substituents is 1. The molecule has 11 heteroatoms. The first-order valence-corrected chi connectivity index (χ1v) is 7.65. The Labute approximate surface area is 148 Å². The molecule has 0 saturated carbocycles. The van der Waals surface area contributed by atoms with Gasteiger partial charge in [-0.2, -0.15) is 18.3 Å². The number of nitrogens with zero attached hydrogens (tertiary/aromatic N) is 3. The Hall–Kier alpha value is -2.43. The maximum Gasteiger partial charge on any atom is 0.436 e. The van der Waals surface area contributed by atoms with Gasteiger partial charge >= 0.3 is 6.18 Å². The van der Waals surface area contributed by atoms with Crippen LogP contribution in [0.3, 0.4) is 0 Å². The van der Waals surface area contributed by atoms with Crippen molar-refractivity contribution in [3.05, 3.63) is 49.7 Å². The Balaban J connectivity index is 2.24. The van der Waals surface area contributed by atoms with Crippen molar-refractivity contribution in [2.45, 2.75) is 26.6 Å². The second-order valence-electron chi connectivity index (χ2n) is 5.23. The number of carbonyl (C=O) groups excluding carboxylic acids is 1. The summed E-state index contributed by atoms with van der Waals surface area (Å²) in [6.07, 6.45) is -4.67. The highest BCUT2D eigenvalue weighted by atomic mass is 79.9. The second-order valence-corrected chi connectivity index (χ2v) is 6.02. The minimum Gasteiger partial charge on any atom is -0.319 e. The molecule has 1 aromatic heterocycles. The topological polar surface area (TPSA) is 90.1 Å². The van der Waals surface area contributed by atoms with Gasteiger partial charge in [-0.15, -0.1) is 0 Å². The number of carbonyl (C=O) groups is 1. The van der Waals surface area contributed by atoms with E-state index in [2.05, 4.69) is 26.3 Å². The SMILES string of the molecule is Cc1ccc(NC(=O)Cn2nc(C(F)(F)F)c(Br)c2C)c([N+](=O)[O-])c1. The molecule has 2 rings (SSSR count). The van der Waals surface area contributed by atoms with Crippen molar-refractivity contribution >= 4 is 33.2 Å². The van der Waals surface area contributed by atoms with Gasteiger partial charge in [0.25, 0.3) is 5.69 Å². The Morgan fingerprint density at radius 2 is 2.04 bits per heavy atom. The third kappa shape index (κ3) is 4.16. The predicted molar refractivity (Wildman–Crippen MR) is 86.1 cm³/mol. The van der Waals surface area contributed by atoms with E-state index in [0.29, 0.717) is 5.56 Å². The van der Waals surface area contributed by atoms with Gasteiger partial charge < -0.3 is 5.32 Å². The van der Waals surface area contributed by atoms with E-state index in [4.69, 9.17) is 0 Å². The molecule has 0 atom stereocenters. The summed E-state index contributed by atoms with van der Waals surface area (Å²) in [4.78, 5) is 22.5. The zero-order valence-electron chi connectivity index (χ0n) is 13.0. The van der Waals surface area contributed by atoms with Crippen LogP contribution in [0.25, 0.3) is 0 Å². The molecule has 134 valence electrons. The van der Waals surface area contributed by atoms with Gasteiger partial charge in [0.15, 0.2) is 5.69 Å². The summed E-state index contributed by atoms with van der Waals surface area (Å²) < 4.78 is 39.1. The number of benzene rings is 1. The predicted octanol–water partition coefficient (Wildman–Crippen LogP) is 3.83. The summed E-state index contributed by atoms with van der Waals surface area (Å²) in [6.45, 7) is 2.50. The molecule has 0 aliphatic rings. The number of hydrogen-bond donors (Lipinski definition) is 1. The average molecular weight is 421 g/mol. The summed E-state index contributed by atoms with van der Waals surface area (Å²) >= 11 is 2.81. The lowest BCUT2D eigenvalue weighted by atomic mass is 10.2. The molecule has 1 heterocycles. The van der Waals surface area contributed by atoms with E-state index in [1.54, 1.807) is 13.0 Å². The minimum atomic E-state index is -4.67. The van der Waals surface area contributed by atoms with Crippen molar-refractivity contribution in [3.63, 3.8) is 0 Å². The summed E-state index contributed by atoms with van der Waals surface area (Å²) in [5.74, 6) is -0.737.